The van der Waals surface area contributed by atoms with Crippen molar-refractivity contribution in [1.82, 2.24) is 29.9 Å². The van der Waals surface area contributed by atoms with E-state index in [1.807, 2.05) is 10.9 Å². The number of carbonyl (C=O) groups excluding carboxylic acids is 5. The lowest BCUT2D eigenvalue weighted by Gasteiger charge is -2.53. The second-order valence-electron chi connectivity index (χ2n) is 19.3. The highest BCUT2D eigenvalue weighted by Gasteiger charge is 2.48. The highest BCUT2D eigenvalue weighted by Crippen LogP contribution is 2.53. The number of halogens is 3. The Balaban J connectivity index is 0.753. The van der Waals surface area contributed by atoms with Crippen LogP contribution in [0.4, 0.5) is 24.5 Å². The van der Waals surface area contributed by atoms with Gasteiger partial charge in [0.2, 0.25) is 11.8 Å². The van der Waals surface area contributed by atoms with Crippen molar-refractivity contribution in [3.63, 3.8) is 0 Å². The summed E-state index contributed by atoms with van der Waals surface area (Å²) in [5.41, 5.74) is -0.444. The second-order valence-corrected chi connectivity index (χ2v) is 19.3. The highest BCUT2D eigenvalue weighted by molar-refractivity contribution is 6.25. The van der Waals surface area contributed by atoms with Crippen LogP contribution in [0.25, 0.3) is 10.9 Å². The number of imide groups is 2. The normalized spacial score (nSPS) is 22.8. The van der Waals surface area contributed by atoms with Gasteiger partial charge >= 0.3 is 6.18 Å². The molecule has 2 saturated carbocycles. The molecule has 4 N–H and O–H groups in total. The summed E-state index contributed by atoms with van der Waals surface area (Å²) in [7, 11) is 0. The number of nitrogens with one attached hydrogen (secondary N) is 3. The standard InChI is InChI=1S/C47H53F3N8O7/c1-45(2,64)26-65-37-20-34-29(19-35(37)53-41(60)33-7-4-8-38(52-33)47(48,49)50)25-57(55-34)30-11-9-27(10-12-30)24-56-17-15-46(16-18-56)21-28(22-46)23-51-32-6-3-5-31-40(32)44(63)58(43(31)62)36-13-14-39(59)54-42(36)61/h3-8,19-20,25,27-28,30,36,51,64H,9-18,21-24,26H2,1-2H3,(H,53,60)(H,54,59,61)/t27-,30-,36?. The van der Waals surface area contributed by atoms with Crippen LogP contribution in [0.5, 0.6) is 5.75 Å². The molecule has 5 amide bonds. The largest absolute Gasteiger partial charge is 0.488 e. The van der Waals surface area contributed by atoms with Gasteiger partial charge in [0, 0.05) is 42.8 Å². The molecule has 15 nitrogen and oxygen atoms in total. The van der Waals surface area contributed by atoms with E-state index >= 15 is 0 Å². The summed E-state index contributed by atoms with van der Waals surface area (Å²) < 4.78 is 47.8. The molecule has 344 valence electrons. The molecule has 65 heavy (non-hydrogen) atoms. The molecule has 18 heteroatoms. The Morgan fingerprint density at radius 3 is 2.38 bits per heavy atom. The van der Waals surface area contributed by atoms with Gasteiger partial charge in [-0.15, -0.1) is 0 Å². The number of aromatic nitrogens is 3. The number of pyridine rings is 1. The molecular formula is C47H53F3N8O7. The van der Waals surface area contributed by atoms with E-state index in [1.54, 1.807) is 44.2 Å². The Hall–Kier alpha value is -5.88. The van der Waals surface area contributed by atoms with Crippen LogP contribution in [0, 0.1) is 17.3 Å². The van der Waals surface area contributed by atoms with Gasteiger partial charge in [-0.05, 0) is 132 Å². The Morgan fingerprint density at radius 1 is 0.938 bits per heavy atom. The minimum Gasteiger partial charge on any atom is -0.488 e. The SMILES string of the molecule is CC(C)(O)COc1cc2nn([C@H]3CC[C@H](CN4CCC5(CC4)CC(CNc4cccc6c4C(=O)N(C4CCC(=O)NC4=O)C6=O)C5)CC3)cc2cc1NC(=O)c1cccc(C(F)(F)F)n1. The van der Waals surface area contributed by atoms with Gasteiger partial charge in [0.05, 0.1) is 34.0 Å². The Bertz CT molecular complexity index is 2530. The minimum atomic E-state index is -4.71. The molecule has 1 atom stereocenters. The number of likely N-dealkylation sites (tertiary alicyclic amines) is 1. The van der Waals surface area contributed by atoms with E-state index in [4.69, 9.17) is 9.84 Å². The number of benzene rings is 2. The summed E-state index contributed by atoms with van der Waals surface area (Å²) in [5.74, 6) is -1.64. The molecule has 0 radical (unpaired) electrons. The molecule has 5 heterocycles. The van der Waals surface area contributed by atoms with Crippen LogP contribution in [0.1, 0.15) is 121 Å². The van der Waals surface area contributed by atoms with Gasteiger partial charge in [-0.3, -0.25) is 38.9 Å². The molecular weight excluding hydrogens is 846 g/mol. The van der Waals surface area contributed by atoms with Crippen molar-refractivity contribution in [2.24, 2.45) is 17.3 Å². The van der Waals surface area contributed by atoms with Crippen molar-refractivity contribution >= 4 is 51.8 Å². The molecule has 2 aromatic heterocycles. The van der Waals surface area contributed by atoms with Crippen molar-refractivity contribution in [3.8, 4) is 5.75 Å². The van der Waals surface area contributed by atoms with Gasteiger partial charge in [-0.1, -0.05) is 12.1 Å². The molecule has 1 spiro atoms. The summed E-state index contributed by atoms with van der Waals surface area (Å²) in [6, 6.07) is 10.8. The number of rotatable bonds is 12. The number of hydrogen-bond acceptors (Lipinski definition) is 11. The summed E-state index contributed by atoms with van der Waals surface area (Å²) >= 11 is 0. The fraction of sp³-hybridized carbons (Fsp3) is 0.511. The summed E-state index contributed by atoms with van der Waals surface area (Å²) in [4.78, 5) is 71.2. The third-order valence-electron chi connectivity index (χ3n) is 13.8. The third kappa shape index (κ3) is 9.32. The number of hydrogen-bond donors (Lipinski definition) is 4. The number of amides is 5. The van der Waals surface area contributed by atoms with Crippen LogP contribution in [0.15, 0.2) is 54.7 Å². The average Bonchev–Trinajstić information content (AvgIpc) is 3.78. The first-order valence-corrected chi connectivity index (χ1v) is 22.5. The number of alkyl halides is 3. The molecule has 2 saturated heterocycles. The van der Waals surface area contributed by atoms with Gasteiger partial charge in [0.1, 0.15) is 29.8 Å². The van der Waals surface area contributed by atoms with E-state index in [0.29, 0.717) is 35.0 Å². The maximum Gasteiger partial charge on any atom is 0.433 e. The number of anilines is 2. The van der Waals surface area contributed by atoms with Crippen LogP contribution in [0.2, 0.25) is 0 Å². The van der Waals surface area contributed by atoms with Crippen LogP contribution in [0.3, 0.4) is 0 Å². The van der Waals surface area contributed by atoms with Crippen molar-refractivity contribution in [1.29, 1.82) is 0 Å². The lowest BCUT2D eigenvalue weighted by molar-refractivity contribution is -0.141. The summed E-state index contributed by atoms with van der Waals surface area (Å²) in [5, 5.41) is 24.3. The molecule has 5 aliphatic rings. The molecule has 0 bridgehead atoms. The number of nitrogens with zero attached hydrogens (tertiary/aromatic N) is 5. The van der Waals surface area contributed by atoms with Crippen molar-refractivity contribution in [2.45, 2.75) is 102 Å². The zero-order chi connectivity index (χ0) is 45.8. The average molecular weight is 899 g/mol. The summed E-state index contributed by atoms with van der Waals surface area (Å²) in [6.07, 6.45) is 5.94. The first-order valence-electron chi connectivity index (χ1n) is 22.5. The molecule has 1 unspecified atom stereocenters. The maximum absolute atomic E-state index is 13.5. The van der Waals surface area contributed by atoms with E-state index in [-0.39, 0.29) is 48.1 Å². The van der Waals surface area contributed by atoms with Crippen LogP contribution >= 0.6 is 0 Å². The monoisotopic (exact) mass is 898 g/mol. The van der Waals surface area contributed by atoms with Gasteiger partial charge in [0.15, 0.2) is 0 Å². The summed E-state index contributed by atoms with van der Waals surface area (Å²) in [6.45, 7) is 6.91. The van der Waals surface area contributed by atoms with E-state index in [2.05, 4.69) is 25.8 Å². The fourth-order valence-electron chi connectivity index (χ4n) is 10.4. The molecule has 2 aliphatic carbocycles. The van der Waals surface area contributed by atoms with E-state index in [9.17, 15) is 42.3 Å². The van der Waals surface area contributed by atoms with Crippen molar-refractivity contribution in [2.75, 3.05) is 43.4 Å². The topological polar surface area (TPSA) is 188 Å². The van der Waals surface area contributed by atoms with Gasteiger partial charge in [-0.2, -0.15) is 18.3 Å². The van der Waals surface area contributed by atoms with Crippen molar-refractivity contribution in [3.05, 3.63) is 77.2 Å². The predicted octanol–water partition coefficient (Wildman–Crippen LogP) is 6.59. The minimum absolute atomic E-state index is 0.0734. The van der Waals surface area contributed by atoms with E-state index in [0.717, 1.165) is 93.4 Å². The quantitative estimate of drug-likeness (QED) is 0.112. The molecule has 4 aromatic rings. The van der Waals surface area contributed by atoms with E-state index < -0.39 is 58.7 Å². The molecule has 3 aliphatic heterocycles. The predicted molar refractivity (Wildman–Crippen MR) is 232 cm³/mol. The number of carbonyl (C=O) groups is 5. The lowest BCUT2D eigenvalue weighted by atomic mass is 9.57. The van der Waals surface area contributed by atoms with Crippen LogP contribution in [-0.2, 0) is 15.8 Å². The Morgan fingerprint density at radius 2 is 1.68 bits per heavy atom. The van der Waals surface area contributed by atoms with Crippen LogP contribution < -0.4 is 20.7 Å². The first-order chi connectivity index (χ1) is 30.9. The fourth-order valence-corrected chi connectivity index (χ4v) is 10.4. The van der Waals surface area contributed by atoms with Crippen molar-refractivity contribution < 1.29 is 47.0 Å². The Labute approximate surface area is 373 Å². The zero-order valence-corrected chi connectivity index (χ0v) is 36.4. The third-order valence-corrected chi connectivity index (χ3v) is 13.8. The maximum atomic E-state index is 13.5. The Kier molecular flexibility index (Phi) is 11.7. The highest BCUT2D eigenvalue weighted by atomic mass is 19.4. The first kappa shape index (κ1) is 44.3. The van der Waals surface area contributed by atoms with Crippen LogP contribution in [-0.4, -0.2) is 104 Å². The second kappa shape index (κ2) is 17.2. The smallest absolute Gasteiger partial charge is 0.433 e. The van der Waals surface area contributed by atoms with Gasteiger partial charge < -0.3 is 25.4 Å². The molecule has 9 rings (SSSR count). The van der Waals surface area contributed by atoms with Gasteiger partial charge in [0.25, 0.3) is 17.7 Å². The molecule has 2 aromatic carbocycles. The number of aliphatic hydroxyl groups is 1. The molecule has 4 fully saturated rings. The van der Waals surface area contributed by atoms with Gasteiger partial charge in [-0.25, -0.2) is 4.98 Å². The number of ether oxygens (including phenoxy) is 1. The number of fused-ring (bicyclic) bond motifs is 2. The number of piperidine rings is 2. The van der Waals surface area contributed by atoms with E-state index in [1.165, 1.54) is 6.07 Å². The lowest BCUT2D eigenvalue weighted by Crippen LogP contribution is -2.54. The zero-order valence-electron chi connectivity index (χ0n) is 36.4.